The fourth-order valence-electron chi connectivity index (χ4n) is 1.61. The van der Waals surface area contributed by atoms with Gasteiger partial charge in [-0.25, -0.2) is 9.47 Å². The molecule has 0 fully saturated rings. The van der Waals surface area contributed by atoms with Crippen molar-refractivity contribution < 1.29 is 14.5 Å². The number of halogens is 1. The zero-order valence-electron chi connectivity index (χ0n) is 11.9. The molecular formula is C12H12ClN5O4S. The van der Waals surface area contributed by atoms with Gasteiger partial charge in [0.05, 0.1) is 22.1 Å². The SMILES string of the molecule is CCCOC(=O)c1cc(Cl)c(Sc2nncn2N)c([N+](=O)[O-])c1. The van der Waals surface area contributed by atoms with Crippen LogP contribution in [0.3, 0.4) is 0 Å². The highest BCUT2D eigenvalue weighted by Gasteiger charge is 2.24. The van der Waals surface area contributed by atoms with Crippen LogP contribution < -0.4 is 5.84 Å². The Hall–Kier alpha value is -2.33. The third kappa shape index (κ3) is 3.90. The van der Waals surface area contributed by atoms with Gasteiger partial charge in [-0.15, -0.1) is 10.2 Å². The minimum absolute atomic E-state index is 0.00807. The number of nitrogen functional groups attached to an aromatic ring is 1. The molecule has 0 amide bonds. The summed E-state index contributed by atoms with van der Waals surface area (Å²) in [4.78, 5) is 22.6. The van der Waals surface area contributed by atoms with Gasteiger partial charge in [-0.2, -0.15) is 0 Å². The highest BCUT2D eigenvalue weighted by atomic mass is 35.5. The second-order valence-electron chi connectivity index (χ2n) is 4.32. The normalized spacial score (nSPS) is 10.5. The first-order valence-electron chi connectivity index (χ1n) is 6.42. The number of carbonyl (C=O) groups excluding carboxylic acids is 1. The van der Waals surface area contributed by atoms with Crippen molar-refractivity contribution in [1.29, 1.82) is 0 Å². The minimum atomic E-state index is -0.671. The monoisotopic (exact) mass is 357 g/mol. The van der Waals surface area contributed by atoms with Crippen LogP contribution in [-0.4, -0.2) is 32.4 Å². The van der Waals surface area contributed by atoms with Crippen molar-refractivity contribution in [2.75, 3.05) is 12.4 Å². The van der Waals surface area contributed by atoms with E-state index >= 15 is 0 Å². The molecule has 0 saturated carbocycles. The Morgan fingerprint density at radius 3 is 2.87 bits per heavy atom. The van der Waals surface area contributed by atoms with Gasteiger partial charge in [0.25, 0.3) is 5.69 Å². The van der Waals surface area contributed by atoms with Gasteiger partial charge in [0, 0.05) is 6.07 Å². The van der Waals surface area contributed by atoms with Gasteiger partial charge in [0.1, 0.15) is 11.2 Å². The zero-order valence-corrected chi connectivity index (χ0v) is 13.5. The van der Waals surface area contributed by atoms with Crippen LogP contribution in [0, 0.1) is 10.1 Å². The number of ether oxygens (including phenoxy) is 1. The van der Waals surface area contributed by atoms with Gasteiger partial charge < -0.3 is 10.6 Å². The van der Waals surface area contributed by atoms with Crippen molar-refractivity contribution in [3.63, 3.8) is 0 Å². The highest BCUT2D eigenvalue weighted by molar-refractivity contribution is 7.99. The van der Waals surface area contributed by atoms with Gasteiger partial charge in [0.15, 0.2) is 0 Å². The smallest absolute Gasteiger partial charge is 0.338 e. The van der Waals surface area contributed by atoms with Gasteiger partial charge >= 0.3 is 5.97 Å². The number of nitrogens with zero attached hydrogens (tertiary/aromatic N) is 4. The summed E-state index contributed by atoms with van der Waals surface area (Å²) in [6, 6.07) is 2.43. The molecule has 0 radical (unpaired) electrons. The number of hydrogen-bond acceptors (Lipinski definition) is 8. The van der Waals surface area contributed by atoms with Crippen LogP contribution in [0.5, 0.6) is 0 Å². The van der Waals surface area contributed by atoms with E-state index in [0.717, 1.165) is 22.5 Å². The number of nitro groups is 1. The van der Waals surface area contributed by atoms with Gasteiger partial charge in [-0.3, -0.25) is 10.1 Å². The molecule has 2 N–H and O–H groups in total. The maximum Gasteiger partial charge on any atom is 0.338 e. The van der Waals surface area contributed by atoms with E-state index in [1.165, 1.54) is 12.4 Å². The molecule has 1 aromatic carbocycles. The molecule has 0 aliphatic carbocycles. The van der Waals surface area contributed by atoms with Gasteiger partial charge in [0.2, 0.25) is 5.16 Å². The Balaban J connectivity index is 2.41. The molecule has 0 aliphatic rings. The van der Waals surface area contributed by atoms with Crippen molar-refractivity contribution in [3.05, 3.63) is 39.2 Å². The largest absolute Gasteiger partial charge is 0.462 e. The van der Waals surface area contributed by atoms with E-state index < -0.39 is 10.9 Å². The van der Waals surface area contributed by atoms with Crippen LogP contribution >= 0.6 is 23.4 Å². The van der Waals surface area contributed by atoms with Gasteiger partial charge in [-0.1, -0.05) is 18.5 Å². The molecule has 2 aromatic rings. The predicted molar refractivity (Wildman–Crippen MR) is 83.0 cm³/mol. The Labute approximate surface area is 139 Å². The molecule has 122 valence electrons. The topological polar surface area (TPSA) is 126 Å². The van der Waals surface area contributed by atoms with E-state index in [1.807, 2.05) is 6.92 Å². The second kappa shape index (κ2) is 7.29. The van der Waals surface area contributed by atoms with Crippen molar-refractivity contribution in [2.24, 2.45) is 0 Å². The second-order valence-corrected chi connectivity index (χ2v) is 5.71. The molecule has 0 atom stereocenters. The Kier molecular flexibility index (Phi) is 5.40. The number of esters is 1. The van der Waals surface area contributed by atoms with Crippen LogP contribution in [0.1, 0.15) is 23.7 Å². The molecule has 0 bridgehead atoms. The lowest BCUT2D eigenvalue weighted by molar-refractivity contribution is -0.387. The summed E-state index contributed by atoms with van der Waals surface area (Å²) in [6.07, 6.45) is 1.89. The summed E-state index contributed by atoms with van der Waals surface area (Å²) in [5.41, 5.74) is -0.331. The summed E-state index contributed by atoms with van der Waals surface area (Å²) in [5, 5.41) is 18.8. The molecule has 9 nitrogen and oxygen atoms in total. The third-order valence-corrected chi connectivity index (χ3v) is 4.15. The fourth-order valence-corrected chi connectivity index (χ4v) is 2.76. The first-order valence-corrected chi connectivity index (χ1v) is 7.61. The fraction of sp³-hybridized carbons (Fsp3) is 0.250. The molecule has 0 unspecified atom stereocenters. The van der Waals surface area contributed by atoms with E-state index in [-0.39, 0.29) is 32.9 Å². The number of carbonyl (C=O) groups is 1. The molecule has 1 heterocycles. The third-order valence-electron chi connectivity index (χ3n) is 2.63. The van der Waals surface area contributed by atoms with Crippen LogP contribution in [0.15, 0.2) is 28.5 Å². The summed E-state index contributed by atoms with van der Waals surface area (Å²) in [5.74, 6) is 4.91. The Morgan fingerprint density at radius 1 is 1.57 bits per heavy atom. The number of nitro benzene ring substituents is 1. The number of hydrogen-bond donors (Lipinski definition) is 1. The summed E-state index contributed by atoms with van der Waals surface area (Å²) >= 11 is 6.97. The average Bonchev–Trinajstić information content (AvgIpc) is 2.91. The maximum absolute atomic E-state index is 11.9. The van der Waals surface area contributed by atoms with E-state index in [1.54, 1.807) is 0 Å². The lowest BCUT2D eigenvalue weighted by Gasteiger charge is -2.08. The molecule has 0 spiro atoms. The molecule has 0 saturated heterocycles. The van der Waals surface area contributed by atoms with Crippen LogP contribution in [0.4, 0.5) is 5.69 Å². The quantitative estimate of drug-likeness (QED) is 0.361. The predicted octanol–water partition coefficient (Wildman–Crippen LogP) is 2.27. The maximum atomic E-state index is 11.9. The summed E-state index contributed by atoms with van der Waals surface area (Å²) in [7, 11) is 0. The summed E-state index contributed by atoms with van der Waals surface area (Å²) < 4.78 is 6.06. The van der Waals surface area contributed by atoms with Crippen molar-refractivity contribution in [1.82, 2.24) is 14.9 Å². The van der Waals surface area contributed by atoms with Gasteiger partial charge in [-0.05, 0) is 24.2 Å². The van der Waals surface area contributed by atoms with Crippen molar-refractivity contribution in [3.8, 4) is 0 Å². The molecule has 0 aliphatic heterocycles. The van der Waals surface area contributed by atoms with E-state index in [4.69, 9.17) is 22.2 Å². The number of benzene rings is 1. The average molecular weight is 358 g/mol. The van der Waals surface area contributed by atoms with E-state index in [9.17, 15) is 14.9 Å². The molecule has 1 aromatic heterocycles. The first-order chi connectivity index (χ1) is 10.9. The molecular weight excluding hydrogens is 346 g/mol. The minimum Gasteiger partial charge on any atom is -0.462 e. The Morgan fingerprint density at radius 2 is 2.30 bits per heavy atom. The first kappa shape index (κ1) is 17.0. The number of aromatic nitrogens is 3. The lowest BCUT2D eigenvalue weighted by atomic mass is 10.2. The van der Waals surface area contributed by atoms with Crippen molar-refractivity contribution in [2.45, 2.75) is 23.4 Å². The summed E-state index contributed by atoms with van der Waals surface area (Å²) in [6.45, 7) is 2.06. The van der Waals surface area contributed by atoms with Crippen LogP contribution in [0.25, 0.3) is 0 Å². The molecule has 23 heavy (non-hydrogen) atoms. The lowest BCUT2D eigenvalue weighted by Crippen LogP contribution is -2.09. The van der Waals surface area contributed by atoms with E-state index in [0.29, 0.717) is 6.42 Å². The standard InChI is InChI=1S/C12H12ClN5O4S/c1-2-3-22-11(19)7-4-8(13)10(9(5-7)18(20)21)23-12-16-15-6-17(12)14/h4-6H,2-3,14H2,1H3. The van der Waals surface area contributed by atoms with Crippen molar-refractivity contribution >= 4 is 35.0 Å². The Bertz CT molecular complexity index is 751. The van der Waals surface area contributed by atoms with Crippen LogP contribution in [0.2, 0.25) is 5.02 Å². The van der Waals surface area contributed by atoms with Crippen LogP contribution in [-0.2, 0) is 4.74 Å². The zero-order chi connectivity index (χ0) is 17.0. The van der Waals surface area contributed by atoms with E-state index in [2.05, 4.69) is 10.2 Å². The molecule has 11 heteroatoms. The number of rotatable bonds is 6. The highest BCUT2D eigenvalue weighted by Crippen LogP contribution is 2.39. The number of nitrogens with two attached hydrogens (primary N) is 1. The molecule has 2 rings (SSSR count).